The molecule has 1 aliphatic carbocycles. The number of ether oxygens (including phenoxy) is 1. The molecular weight excluding hydrogens is 204 g/mol. The van der Waals surface area contributed by atoms with Crippen molar-refractivity contribution in [3.05, 3.63) is 34.4 Å². The molecule has 0 radical (unpaired) electrons. The molecule has 0 unspecified atom stereocenters. The average molecular weight is 218 g/mol. The molecule has 1 aromatic rings. The highest BCUT2D eigenvalue weighted by Gasteiger charge is 2.37. The number of benzene rings is 1. The van der Waals surface area contributed by atoms with Crippen molar-refractivity contribution in [1.82, 2.24) is 0 Å². The Morgan fingerprint density at radius 2 is 2.06 bits per heavy atom. The average Bonchev–Trinajstić information content (AvgIpc) is 2.56. The summed E-state index contributed by atoms with van der Waals surface area (Å²) in [5.74, 6) is -1.17. The minimum absolute atomic E-state index is 0.103. The Morgan fingerprint density at radius 1 is 1.38 bits per heavy atom. The summed E-state index contributed by atoms with van der Waals surface area (Å²) in [6, 6.07) is 3.89. The maximum Gasteiger partial charge on any atom is 0.316 e. The van der Waals surface area contributed by atoms with Gasteiger partial charge in [-0.25, -0.2) is 0 Å². The molecule has 0 heterocycles. The molecule has 0 spiro atoms. The number of esters is 1. The Kier molecular flexibility index (Phi) is 2.54. The van der Waals surface area contributed by atoms with Gasteiger partial charge >= 0.3 is 5.97 Å². The summed E-state index contributed by atoms with van der Waals surface area (Å²) in [6.07, 6.45) is 0.479. The highest BCUT2D eigenvalue weighted by molar-refractivity contribution is 6.12. The number of aryl methyl sites for hydroxylation is 2. The van der Waals surface area contributed by atoms with Crippen LogP contribution in [-0.4, -0.2) is 18.9 Å². The lowest BCUT2D eigenvalue weighted by atomic mass is 10.0. The first-order valence-corrected chi connectivity index (χ1v) is 5.26. The van der Waals surface area contributed by atoms with Gasteiger partial charge < -0.3 is 4.74 Å². The molecule has 1 aliphatic rings. The number of Topliss-reactive ketones (excluding diaryl/α,β-unsaturated/α-hetero) is 1. The summed E-state index contributed by atoms with van der Waals surface area (Å²) in [7, 11) is 1.32. The number of methoxy groups -OCH3 is 1. The summed E-state index contributed by atoms with van der Waals surface area (Å²) in [4.78, 5) is 23.4. The van der Waals surface area contributed by atoms with Crippen LogP contribution in [0.1, 0.15) is 27.0 Å². The SMILES string of the molecule is COC(=O)[C@@H]1Cc2c(C)cc(C)cc2C1=O. The van der Waals surface area contributed by atoms with Crippen molar-refractivity contribution in [2.75, 3.05) is 7.11 Å². The van der Waals surface area contributed by atoms with E-state index in [0.29, 0.717) is 12.0 Å². The summed E-state index contributed by atoms with van der Waals surface area (Å²) in [6.45, 7) is 3.92. The minimum atomic E-state index is -0.638. The van der Waals surface area contributed by atoms with Crippen LogP contribution in [0.2, 0.25) is 0 Å². The molecule has 1 aromatic carbocycles. The van der Waals surface area contributed by atoms with E-state index >= 15 is 0 Å². The quantitative estimate of drug-likeness (QED) is 0.533. The van der Waals surface area contributed by atoms with Gasteiger partial charge in [-0.05, 0) is 37.5 Å². The first-order chi connectivity index (χ1) is 7.54. The van der Waals surface area contributed by atoms with E-state index in [1.165, 1.54) is 7.11 Å². The van der Waals surface area contributed by atoms with Crippen LogP contribution in [0.3, 0.4) is 0 Å². The lowest BCUT2D eigenvalue weighted by molar-refractivity contribution is -0.143. The van der Waals surface area contributed by atoms with Gasteiger partial charge in [0, 0.05) is 5.56 Å². The van der Waals surface area contributed by atoms with Gasteiger partial charge in [0.25, 0.3) is 0 Å². The molecule has 0 aliphatic heterocycles. The molecule has 0 aromatic heterocycles. The number of hydrogen-bond donors (Lipinski definition) is 0. The van der Waals surface area contributed by atoms with Crippen molar-refractivity contribution in [2.24, 2.45) is 5.92 Å². The van der Waals surface area contributed by atoms with E-state index in [-0.39, 0.29) is 5.78 Å². The third-order valence-electron chi connectivity index (χ3n) is 3.09. The Bertz CT molecular complexity index is 474. The number of carbonyl (C=O) groups excluding carboxylic acids is 2. The molecule has 0 bridgehead atoms. The topological polar surface area (TPSA) is 43.4 Å². The fourth-order valence-electron chi connectivity index (χ4n) is 2.31. The Labute approximate surface area is 94.4 Å². The molecule has 3 heteroatoms. The minimum Gasteiger partial charge on any atom is -0.468 e. The summed E-state index contributed by atoms with van der Waals surface area (Å²) < 4.78 is 4.65. The van der Waals surface area contributed by atoms with Crippen molar-refractivity contribution < 1.29 is 14.3 Å². The lowest BCUT2D eigenvalue weighted by Crippen LogP contribution is -2.21. The molecule has 0 amide bonds. The van der Waals surface area contributed by atoms with E-state index in [9.17, 15) is 9.59 Å². The van der Waals surface area contributed by atoms with Crippen LogP contribution < -0.4 is 0 Å². The van der Waals surface area contributed by atoms with Crippen molar-refractivity contribution in [1.29, 1.82) is 0 Å². The molecule has 0 saturated carbocycles. The zero-order valence-electron chi connectivity index (χ0n) is 9.66. The Morgan fingerprint density at radius 3 is 2.69 bits per heavy atom. The maximum absolute atomic E-state index is 12.0. The van der Waals surface area contributed by atoms with Crippen LogP contribution >= 0.6 is 0 Å². The van der Waals surface area contributed by atoms with Crippen molar-refractivity contribution in [3.63, 3.8) is 0 Å². The summed E-state index contributed by atoms with van der Waals surface area (Å²) >= 11 is 0. The van der Waals surface area contributed by atoms with E-state index in [1.807, 2.05) is 26.0 Å². The van der Waals surface area contributed by atoms with Gasteiger partial charge in [-0.1, -0.05) is 11.6 Å². The first-order valence-electron chi connectivity index (χ1n) is 5.26. The van der Waals surface area contributed by atoms with E-state index < -0.39 is 11.9 Å². The zero-order valence-corrected chi connectivity index (χ0v) is 9.66. The molecule has 2 rings (SSSR count). The summed E-state index contributed by atoms with van der Waals surface area (Å²) in [5.41, 5.74) is 3.81. The second kappa shape index (κ2) is 3.74. The van der Waals surface area contributed by atoms with E-state index in [0.717, 1.165) is 16.7 Å². The molecule has 0 saturated heterocycles. The second-order valence-electron chi connectivity index (χ2n) is 4.25. The van der Waals surface area contributed by atoms with Crippen LogP contribution in [-0.2, 0) is 16.0 Å². The molecule has 16 heavy (non-hydrogen) atoms. The predicted molar refractivity (Wildman–Crippen MR) is 59.5 cm³/mol. The van der Waals surface area contributed by atoms with Crippen molar-refractivity contribution in [3.8, 4) is 0 Å². The van der Waals surface area contributed by atoms with Gasteiger partial charge in [-0.3, -0.25) is 9.59 Å². The van der Waals surface area contributed by atoms with Crippen molar-refractivity contribution in [2.45, 2.75) is 20.3 Å². The van der Waals surface area contributed by atoms with Gasteiger partial charge in [0.1, 0.15) is 5.92 Å². The van der Waals surface area contributed by atoms with Gasteiger partial charge in [-0.2, -0.15) is 0 Å². The van der Waals surface area contributed by atoms with Crippen LogP contribution in [0.4, 0.5) is 0 Å². The largest absolute Gasteiger partial charge is 0.468 e. The highest BCUT2D eigenvalue weighted by atomic mass is 16.5. The standard InChI is InChI=1S/C13H14O3/c1-7-4-8(2)9-6-11(13(15)16-3)12(14)10(9)5-7/h4-5,11H,6H2,1-3H3/t11-/m1/s1. The number of rotatable bonds is 1. The Balaban J connectivity index is 2.46. The molecular formula is C13H14O3. The molecule has 3 nitrogen and oxygen atoms in total. The second-order valence-corrected chi connectivity index (χ2v) is 4.25. The van der Waals surface area contributed by atoms with Crippen molar-refractivity contribution >= 4 is 11.8 Å². The van der Waals surface area contributed by atoms with Crippen LogP contribution in [0.5, 0.6) is 0 Å². The van der Waals surface area contributed by atoms with Crippen LogP contribution in [0.15, 0.2) is 12.1 Å². The fourth-order valence-corrected chi connectivity index (χ4v) is 2.31. The Hall–Kier alpha value is -1.64. The third-order valence-corrected chi connectivity index (χ3v) is 3.09. The normalized spacial score (nSPS) is 18.4. The van der Waals surface area contributed by atoms with E-state index in [2.05, 4.69) is 4.74 Å². The summed E-state index contributed by atoms with van der Waals surface area (Å²) in [5, 5.41) is 0. The number of carbonyl (C=O) groups is 2. The van der Waals surface area contributed by atoms with Gasteiger partial charge in [-0.15, -0.1) is 0 Å². The van der Waals surface area contributed by atoms with Gasteiger partial charge in [0.05, 0.1) is 7.11 Å². The lowest BCUT2D eigenvalue weighted by Gasteiger charge is -2.04. The van der Waals surface area contributed by atoms with Gasteiger partial charge in [0.2, 0.25) is 0 Å². The fraction of sp³-hybridized carbons (Fsp3) is 0.385. The van der Waals surface area contributed by atoms with E-state index in [1.54, 1.807) is 0 Å². The maximum atomic E-state index is 12.0. The molecule has 0 fully saturated rings. The molecule has 84 valence electrons. The molecule has 0 N–H and O–H groups in total. The number of fused-ring (bicyclic) bond motifs is 1. The van der Waals surface area contributed by atoms with E-state index in [4.69, 9.17) is 0 Å². The number of ketones is 1. The number of hydrogen-bond acceptors (Lipinski definition) is 3. The van der Waals surface area contributed by atoms with Gasteiger partial charge in [0.15, 0.2) is 5.78 Å². The zero-order chi connectivity index (χ0) is 11.9. The highest BCUT2D eigenvalue weighted by Crippen LogP contribution is 2.30. The monoisotopic (exact) mass is 218 g/mol. The molecule has 1 atom stereocenters. The van der Waals surface area contributed by atoms with Crippen LogP contribution in [0, 0.1) is 19.8 Å². The van der Waals surface area contributed by atoms with Crippen LogP contribution in [0.25, 0.3) is 0 Å². The third kappa shape index (κ3) is 1.52. The first kappa shape index (κ1) is 10.9. The predicted octanol–water partition coefficient (Wildman–Crippen LogP) is 1.83. The smallest absolute Gasteiger partial charge is 0.316 e.